The van der Waals surface area contributed by atoms with Crippen LogP contribution < -0.4 is 5.73 Å². The van der Waals surface area contributed by atoms with Gasteiger partial charge in [0.15, 0.2) is 0 Å². The van der Waals surface area contributed by atoms with Crippen molar-refractivity contribution in [1.29, 1.82) is 0 Å². The van der Waals surface area contributed by atoms with Gasteiger partial charge in [0.2, 0.25) is 5.91 Å². The summed E-state index contributed by atoms with van der Waals surface area (Å²) in [7, 11) is 0. The van der Waals surface area contributed by atoms with Gasteiger partial charge in [0.05, 0.1) is 15.6 Å². The van der Waals surface area contributed by atoms with Crippen LogP contribution in [-0.4, -0.2) is 22.6 Å². The van der Waals surface area contributed by atoms with E-state index in [1.807, 2.05) is 30.3 Å². The first-order valence-electron chi connectivity index (χ1n) is 6.88. The molecule has 2 aromatic carbocycles. The van der Waals surface area contributed by atoms with Crippen LogP contribution in [-0.2, 0) is 16.1 Å². The Morgan fingerprint density at radius 3 is 2.50 bits per heavy atom. The molecule has 0 bridgehead atoms. The monoisotopic (exact) mass is 346 g/mol. The SMILES string of the molecule is NC(=O)c1ccc(SCC(=O)OCc2ccccc2)c([N+](=O)[O-])c1. The second-order valence-electron chi connectivity index (χ2n) is 4.74. The predicted molar refractivity (Wildman–Crippen MR) is 88.6 cm³/mol. The largest absolute Gasteiger partial charge is 0.460 e. The number of carbonyl (C=O) groups is 2. The lowest BCUT2D eigenvalue weighted by molar-refractivity contribution is -0.387. The summed E-state index contributed by atoms with van der Waals surface area (Å²) in [4.78, 5) is 33.6. The van der Waals surface area contributed by atoms with E-state index in [0.717, 1.165) is 23.4 Å². The van der Waals surface area contributed by atoms with Gasteiger partial charge in [-0.1, -0.05) is 30.3 Å². The zero-order valence-electron chi connectivity index (χ0n) is 12.5. The molecule has 0 aliphatic heterocycles. The van der Waals surface area contributed by atoms with Gasteiger partial charge in [0, 0.05) is 11.6 Å². The fraction of sp³-hybridized carbons (Fsp3) is 0.125. The fourth-order valence-electron chi connectivity index (χ4n) is 1.85. The number of hydrogen-bond donors (Lipinski definition) is 1. The molecule has 0 aliphatic rings. The summed E-state index contributed by atoms with van der Waals surface area (Å²) >= 11 is 0.971. The van der Waals surface area contributed by atoms with E-state index in [1.165, 1.54) is 12.1 Å². The Bertz CT molecular complexity index is 764. The van der Waals surface area contributed by atoms with Crippen LogP contribution >= 0.6 is 11.8 Å². The molecule has 2 rings (SSSR count). The van der Waals surface area contributed by atoms with Gasteiger partial charge in [0.25, 0.3) is 5.69 Å². The summed E-state index contributed by atoms with van der Waals surface area (Å²) in [6.07, 6.45) is 0. The third-order valence-corrected chi connectivity index (χ3v) is 4.06. The standard InChI is InChI=1S/C16H14N2O5S/c17-16(20)12-6-7-14(13(8-12)18(21)22)24-10-15(19)23-9-11-4-2-1-3-5-11/h1-8H,9-10H2,(H2,17,20). The van der Waals surface area contributed by atoms with Crippen molar-refractivity contribution in [3.8, 4) is 0 Å². The highest BCUT2D eigenvalue weighted by molar-refractivity contribution is 8.00. The number of nitrogens with zero attached hydrogens (tertiary/aromatic N) is 1. The molecule has 0 spiro atoms. The van der Waals surface area contributed by atoms with Gasteiger partial charge >= 0.3 is 5.97 Å². The summed E-state index contributed by atoms with van der Waals surface area (Å²) in [6, 6.07) is 13.1. The van der Waals surface area contributed by atoms with E-state index >= 15 is 0 Å². The van der Waals surface area contributed by atoms with Crippen molar-refractivity contribution in [3.05, 3.63) is 69.8 Å². The fourth-order valence-corrected chi connectivity index (χ4v) is 2.65. The molecule has 24 heavy (non-hydrogen) atoms. The molecule has 0 fully saturated rings. The maximum absolute atomic E-state index is 11.8. The van der Waals surface area contributed by atoms with Gasteiger partial charge in [-0.05, 0) is 17.7 Å². The Balaban J connectivity index is 1.97. The number of rotatable bonds is 7. The van der Waals surface area contributed by atoms with E-state index in [9.17, 15) is 19.7 Å². The number of esters is 1. The molecule has 2 N–H and O–H groups in total. The molecular weight excluding hydrogens is 332 g/mol. The highest BCUT2D eigenvalue weighted by atomic mass is 32.2. The Hall–Kier alpha value is -2.87. The summed E-state index contributed by atoms with van der Waals surface area (Å²) in [5, 5.41) is 11.1. The second-order valence-corrected chi connectivity index (χ2v) is 5.76. The smallest absolute Gasteiger partial charge is 0.316 e. The van der Waals surface area contributed by atoms with Crippen molar-refractivity contribution in [2.24, 2.45) is 5.73 Å². The Kier molecular flexibility index (Phi) is 5.91. The van der Waals surface area contributed by atoms with Gasteiger partial charge in [0.1, 0.15) is 6.61 Å². The average Bonchev–Trinajstić information content (AvgIpc) is 2.58. The maximum Gasteiger partial charge on any atom is 0.316 e. The van der Waals surface area contributed by atoms with Crippen LogP contribution in [0.3, 0.4) is 0 Å². The van der Waals surface area contributed by atoms with Crippen LogP contribution in [0.4, 0.5) is 5.69 Å². The normalized spacial score (nSPS) is 10.2. The summed E-state index contributed by atoms with van der Waals surface area (Å²) in [5.74, 6) is -1.32. The van der Waals surface area contributed by atoms with Crippen molar-refractivity contribution < 1.29 is 19.2 Å². The van der Waals surface area contributed by atoms with E-state index in [4.69, 9.17) is 10.5 Å². The molecule has 7 nitrogen and oxygen atoms in total. The van der Waals surface area contributed by atoms with E-state index in [2.05, 4.69) is 0 Å². The predicted octanol–water partition coefficient (Wildman–Crippen LogP) is 2.53. The molecule has 0 aromatic heterocycles. The van der Waals surface area contributed by atoms with Gasteiger partial charge in [-0.25, -0.2) is 0 Å². The number of carbonyl (C=O) groups excluding carboxylic acids is 2. The Morgan fingerprint density at radius 1 is 1.17 bits per heavy atom. The lowest BCUT2D eigenvalue weighted by Gasteiger charge is -2.06. The lowest BCUT2D eigenvalue weighted by Crippen LogP contribution is -2.11. The van der Waals surface area contributed by atoms with Crippen LogP contribution in [0.1, 0.15) is 15.9 Å². The Morgan fingerprint density at radius 2 is 1.88 bits per heavy atom. The van der Waals surface area contributed by atoms with Crippen molar-refractivity contribution in [2.45, 2.75) is 11.5 Å². The number of nitrogens with two attached hydrogens (primary N) is 1. The van der Waals surface area contributed by atoms with Gasteiger partial charge < -0.3 is 10.5 Å². The first kappa shape index (κ1) is 17.5. The van der Waals surface area contributed by atoms with E-state index in [-0.39, 0.29) is 28.5 Å². The first-order chi connectivity index (χ1) is 11.5. The molecule has 0 saturated carbocycles. The van der Waals surface area contributed by atoms with Crippen LogP contribution in [0, 0.1) is 10.1 Å². The molecule has 0 saturated heterocycles. The van der Waals surface area contributed by atoms with Gasteiger partial charge in [-0.15, -0.1) is 11.8 Å². The van der Waals surface area contributed by atoms with E-state index < -0.39 is 16.8 Å². The number of primary amides is 1. The molecule has 124 valence electrons. The van der Waals surface area contributed by atoms with E-state index in [1.54, 1.807) is 0 Å². The second kappa shape index (κ2) is 8.11. The van der Waals surface area contributed by atoms with Crippen molar-refractivity contribution in [3.63, 3.8) is 0 Å². The number of hydrogen-bond acceptors (Lipinski definition) is 6. The summed E-state index contributed by atoms with van der Waals surface area (Å²) in [6.45, 7) is 0.142. The maximum atomic E-state index is 11.8. The summed E-state index contributed by atoms with van der Waals surface area (Å²) < 4.78 is 5.11. The van der Waals surface area contributed by atoms with Crippen LogP contribution in [0.5, 0.6) is 0 Å². The van der Waals surface area contributed by atoms with Crippen molar-refractivity contribution in [2.75, 3.05) is 5.75 Å². The van der Waals surface area contributed by atoms with Crippen LogP contribution in [0.25, 0.3) is 0 Å². The average molecular weight is 346 g/mol. The molecule has 0 heterocycles. The molecule has 0 aliphatic carbocycles. The highest BCUT2D eigenvalue weighted by Gasteiger charge is 2.18. The van der Waals surface area contributed by atoms with Crippen LogP contribution in [0.15, 0.2) is 53.4 Å². The van der Waals surface area contributed by atoms with Crippen molar-refractivity contribution >= 4 is 29.3 Å². The number of benzene rings is 2. The van der Waals surface area contributed by atoms with E-state index in [0.29, 0.717) is 0 Å². The van der Waals surface area contributed by atoms with Gasteiger partial charge in [-0.3, -0.25) is 19.7 Å². The minimum Gasteiger partial charge on any atom is -0.460 e. The molecule has 0 unspecified atom stereocenters. The van der Waals surface area contributed by atoms with Crippen LogP contribution in [0.2, 0.25) is 0 Å². The number of nitro benzene ring substituents is 1. The quantitative estimate of drug-likeness (QED) is 0.357. The minimum atomic E-state index is -0.753. The molecular formula is C16H14N2O5S. The summed E-state index contributed by atoms with van der Waals surface area (Å²) in [5.41, 5.74) is 5.73. The molecule has 0 atom stereocenters. The number of amides is 1. The zero-order chi connectivity index (χ0) is 17.5. The molecule has 0 radical (unpaired) electrons. The number of nitro groups is 1. The van der Waals surface area contributed by atoms with Crippen molar-refractivity contribution in [1.82, 2.24) is 0 Å². The number of ether oxygens (including phenoxy) is 1. The Labute approximate surface area is 142 Å². The topological polar surface area (TPSA) is 113 Å². The molecule has 8 heteroatoms. The highest BCUT2D eigenvalue weighted by Crippen LogP contribution is 2.30. The first-order valence-corrected chi connectivity index (χ1v) is 7.86. The third kappa shape index (κ3) is 4.82. The molecule has 2 aromatic rings. The minimum absolute atomic E-state index is 0.0395. The lowest BCUT2D eigenvalue weighted by atomic mass is 10.2. The molecule has 1 amide bonds. The number of thioether (sulfide) groups is 1. The van der Waals surface area contributed by atoms with Gasteiger partial charge in [-0.2, -0.15) is 0 Å². The third-order valence-electron chi connectivity index (χ3n) is 3.03. The zero-order valence-corrected chi connectivity index (χ0v) is 13.3.